The van der Waals surface area contributed by atoms with E-state index in [4.69, 9.17) is 32.7 Å². The van der Waals surface area contributed by atoms with Gasteiger partial charge in [-0.3, -0.25) is 14.9 Å². The lowest BCUT2D eigenvalue weighted by atomic mass is 10.1. The number of nitro groups is 1. The Morgan fingerprint density at radius 2 is 1.96 bits per heavy atom. The number of phenolic OH excluding ortho intramolecular Hbond substituents is 1. The molecule has 1 heterocycles. The lowest BCUT2D eigenvalue weighted by Gasteiger charge is -2.06. The maximum absolute atomic E-state index is 12.5. The fourth-order valence-corrected chi connectivity index (χ4v) is 2.79. The molecule has 7 nitrogen and oxygen atoms in total. The van der Waals surface area contributed by atoms with E-state index in [2.05, 4.69) is 0 Å². The van der Waals surface area contributed by atoms with Crippen molar-refractivity contribution < 1.29 is 24.3 Å². The third-order valence-electron chi connectivity index (χ3n) is 3.51. The third kappa shape index (κ3) is 2.88. The molecular weight excluding hydrogens is 373 g/mol. The van der Waals surface area contributed by atoms with Gasteiger partial charge in [0.15, 0.2) is 17.3 Å². The van der Waals surface area contributed by atoms with Crippen LogP contribution in [-0.2, 0) is 0 Å². The van der Waals surface area contributed by atoms with Crippen molar-refractivity contribution in [3.63, 3.8) is 0 Å². The first-order chi connectivity index (χ1) is 11.8. The van der Waals surface area contributed by atoms with E-state index in [0.717, 1.165) is 6.07 Å². The van der Waals surface area contributed by atoms with Crippen molar-refractivity contribution in [2.24, 2.45) is 0 Å². The molecule has 1 aliphatic heterocycles. The molecule has 2 aromatic rings. The topological polar surface area (TPSA) is 98.9 Å². The van der Waals surface area contributed by atoms with E-state index in [1.807, 2.05) is 0 Å². The van der Waals surface area contributed by atoms with Crippen LogP contribution in [0, 0.1) is 10.1 Å². The molecule has 128 valence electrons. The van der Waals surface area contributed by atoms with E-state index in [1.165, 1.54) is 31.4 Å². The number of ether oxygens (including phenoxy) is 2. The Balaban J connectivity index is 2.10. The molecule has 0 fully saturated rings. The molecule has 0 amide bonds. The first-order valence-corrected chi connectivity index (χ1v) is 7.56. The number of aromatic hydroxyl groups is 1. The van der Waals surface area contributed by atoms with Crippen LogP contribution in [0.5, 0.6) is 17.2 Å². The van der Waals surface area contributed by atoms with Gasteiger partial charge in [-0.2, -0.15) is 0 Å². The van der Waals surface area contributed by atoms with Crippen LogP contribution < -0.4 is 9.47 Å². The van der Waals surface area contributed by atoms with Crippen LogP contribution in [0.25, 0.3) is 6.08 Å². The average Bonchev–Trinajstić information content (AvgIpc) is 2.90. The average molecular weight is 382 g/mol. The molecule has 1 aliphatic rings. The highest BCUT2D eigenvalue weighted by Gasteiger charge is 2.32. The van der Waals surface area contributed by atoms with Crippen molar-refractivity contribution >= 4 is 40.7 Å². The van der Waals surface area contributed by atoms with Gasteiger partial charge in [0.05, 0.1) is 27.6 Å². The molecule has 0 aliphatic carbocycles. The molecule has 0 unspecified atom stereocenters. The zero-order valence-corrected chi connectivity index (χ0v) is 14.1. The van der Waals surface area contributed by atoms with Crippen LogP contribution in [0.4, 0.5) is 5.69 Å². The largest absolute Gasteiger partial charge is 0.500 e. The molecule has 9 heteroatoms. The maximum atomic E-state index is 12.5. The predicted molar refractivity (Wildman–Crippen MR) is 90.7 cm³/mol. The number of phenols is 1. The highest BCUT2D eigenvalue weighted by atomic mass is 35.5. The maximum Gasteiger partial charge on any atom is 0.315 e. The quantitative estimate of drug-likeness (QED) is 0.485. The first-order valence-electron chi connectivity index (χ1n) is 6.81. The van der Waals surface area contributed by atoms with Gasteiger partial charge < -0.3 is 14.6 Å². The second kappa shape index (κ2) is 6.27. The number of nitro benzene ring substituents is 1. The summed E-state index contributed by atoms with van der Waals surface area (Å²) in [7, 11) is 1.25. The van der Waals surface area contributed by atoms with E-state index >= 15 is 0 Å². The van der Waals surface area contributed by atoms with Gasteiger partial charge in [0.25, 0.3) is 0 Å². The number of carbonyl (C=O) groups is 1. The minimum Gasteiger partial charge on any atom is -0.500 e. The van der Waals surface area contributed by atoms with E-state index < -0.39 is 22.1 Å². The number of benzene rings is 2. The predicted octanol–water partition coefficient (Wildman–Crippen LogP) is 4.23. The van der Waals surface area contributed by atoms with Crippen molar-refractivity contribution in [1.82, 2.24) is 0 Å². The molecular formula is C16H9Cl2NO6. The van der Waals surface area contributed by atoms with Gasteiger partial charge in [0, 0.05) is 6.07 Å². The summed E-state index contributed by atoms with van der Waals surface area (Å²) < 4.78 is 10.4. The summed E-state index contributed by atoms with van der Waals surface area (Å²) in [6, 6.07) is 5.39. The summed E-state index contributed by atoms with van der Waals surface area (Å²) in [6.07, 6.45) is 1.28. The Hall–Kier alpha value is -2.77. The van der Waals surface area contributed by atoms with Crippen LogP contribution >= 0.6 is 23.2 Å². The van der Waals surface area contributed by atoms with E-state index in [0.29, 0.717) is 0 Å². The monoisotopic (exact) mass is 381 g/mol. The summed E-state index contributed by atoms with van der Waals surface area (Å²) >= 11 is 12.0. The van der Waals surface area contributed by atoms with Gasteiger partial charge in [0.1, 0.15) is 0 Å². The zero-order chi connectivity index (χ0) is 18.3. The highest BCUT2D eigenvalue weighted by molar-refractivity contribution is 6.39. The summed E-state index contributed by atoms with van der Waals surface area (Å²) in [4.78, 5) is 22.7. The van der Waals surface area contributed by atoms with E-state index in [-0.39, 0.29) is 38.4 Å². The molecule has 0 bridgehead atoms. The van der Waals surface area contributed by atoms with Gasteiger partial charge in [-0.1, -0.05) is 23.2 Å². The number of allylic oxidation sites excluding steroid dienone is 1. The van der Waals surface area contributed by atoms with E-state index in [1.54, 1.807) is 0 Å². The highest BCUT2D eigenvalue weighted by Crippen LogP contribution is 2.43. The number of Topliss-reactive ketones (excluding diaryl/α,β-unsaturated/α-hetero) is 1. The van der Waals surface area contributed by atoms with Crippen LogP contribution in [-0.4, -0.2) is 22.9 Å². The van der Waals surface area contributed by atoms with Gasteiger partial charge in [-0.05, 0) is 29.8 Å². The number of methoxy groups -OCH3 is 1. The van der Waals surface area contributed by atoms with Crippen molar-refractivity contribution in [2.45, 2.75) is 0 Å². The molecule has 0 aromatic heterocycles. The van der Waals surface area contributed by atoms with Crippen LogP contribution in [0.3, 0.4) is 0 Å². The van der Waals surface area contributed by atoms with Crippen LogP contribution in [0.1, 0.15) is 15.9 Å². The molecule has 0 saturated carbocycles. The summed E-state index contributed by atoms with van der Waals surface area (Å²) in [5.41, 5.74) is -0.212. The van der Waals surface area contributed by atoms with Crippen molar-refractivity contribution in [2.75, 3.05) is 7.11 Å². The molecule has 1 N–H and O–H groups in total. The number of hydrogen-bond donors (Lipinski definition) is 1. The van der Waals surface area contributed by atoms with Crippen molar-refractivity contribution in [3.05, 3.63) is 61.3 Å². The summed E-state index contributed by atoms with van der Waals surface area (Å²) in [5.74, 6) is -1.20. The Morgan fingerprint density at radius 3 is 2.56 bits per heavy atom. The second-order valence-corrected chi connectivity index (χ2v) is 5.84. The molecule has 0 spiro atoms. The number of fused-ring (bicyclic) bond motifs is 1. The normalized spacial score (nSPS) is 14.4. The van der Waals surface area contributed by atoms with Crippen LogP contribution in [0.15, 0.2) is 30.0 Å². The minimum atomic E-state index is -0.764. The standard InChI is InChI=1S/C16H9Cl2NO6/c1-24-11-5-7(4-10(14(11)20)19(22)23)6-12-15(21)13-8(17)2-3-9(18)16(13)25-12/h2-6,20H,1H3. The molecule has 0 radical (unpaired) electrons. The second-order valence-electron chi connectivity index (χ2n) is 5.02. The summed E-state index contributed by atoms with van der Waals surface area (Å²) in [6.45, 7) is 0. The number of rotatable bonds is 3. The molecule has 0 atom stereocenters. The first kappa shape index (κ1) is 17.1. The lowest BCUT2D eigenvalue weighted by Crippen LogP contribution is -1.99. The summed E-state index contributed by atoms with van der Waals surface area (Å²) in [5, 5.41) is 21.2. The molecule has 3 rings (SSSR count). The number of halogens is 2. The van der Waals surface area contributed by atoms with Gasteiger partial charge in [-0.15, -0.1) is 0 Å². The van der Waals surface area contributed by atoms with Gasteiger partial charge in [0.2, 0.25) is 11.5 Å². The fourth-order valence-electron chi connectivity index (χ4n) is 2.36. The molecule has 0 saturated heterocycles. The number of ketones is 1. The number of nitrogens with zero attached hydrogens (tertiary/aromatic N) is 1. The Morgan fingerprint density at radius 1 is 1.28 bits per heavy atom. The Labute approximate surface area is 151 Å². The van der Waals surface area contributed by atoms with Crippen LogP contribution in [0.2, 0.25) is 10.0 Å². The van der Waals surface area contributed by atoms with Crippen molar-refractivity contribution in [3.8, 4) is 17.2 Å². The minimum absolute atomic E-state index is 0.105. The number of carbonyl (C=O) groups excluding carboxylic acids is 1. The molecule has 25 heavy (non-hydrogen) atoms. The third-order valence-corrected chi connectivity index (χ3v) is 4.13. The number of hydrogen-bond acceptors (Lipinski definition) is 6. The molecule has 2 aromatic carbocycles. The SMILES string of the molecule is COc1cc(C=C2Oc3c(Cl)ccc(Cl)c3C2=O)cc([N+](=O)[O-])c1O. The Bertz CT molecular complexity index is 954. The van der Waals surface area contributed by atoms with Gasteiger partial charge >= 0.3 is 5.69 Å². The van der Waals surface area contributed by atoms with E-state index in [9.17, 15) is 20.0 Å². The smallest absolute Gasteiger partial charge is 0.315 e. The Kier molecular flexibility index (Phi) is 4.28. The van der Waals surface area contributed by atoms with Gasteiger partial charge in [-0.25, -0.2) is 0 Å². The lowest BCUT2D eigenvalue weighted by molar-refractivity contribution is -0.386. The van der Waals surface area contributed by atoms with Crippen molar-refractivity contribution in [1.29, 1.82) is 0 Å². The zero-order valence-electron chi connectivity index (χ0n) is 12.6. The fraction of sp³-hybridized carbons (Fsp3) is 0.0625.